The maximum atomic E-state index is 12.4. The molecule has 128 valence electrons. The van der Waals surface area contributed by atoms with E-state index in [-0.39, 0.29) is 18.4 Å². The van der Waals surface area contributed by atoms with Crippen LogP contribution in [0.15, 0.2) is 48.5 Å². The first kappa shape index (κ1) is 16.0. The fourth-order valence-corrected chi connectivity index (χ4v) is 3.68. The maximum absolute atomic E-state index is 12.4. The highest BCUT2D eigenvalue weighted by Crippen LogP contribution is 2.23. The van der Waals surface area contributed by atoms with E-state index >= 15 is 0 Å². The summed E-state index contributed by atoms with van der Waals surface area (Å²) in [7, 11) is 0. The molecule has 2 aromatic carbocycles. The molecule has 0 spiro atoms. The molecule has 4 rings (SSSR count). The van der Waals surface area contributed by atoms with Crippen LogP contribution in [0.4, 0.5) is 0 Å². The summed E-state index contributed by atoms with van der Waals surface area (Å²) in [5.41, 5.74) is 3.48. The molecule has 2 aromatic rings. The van der Waals surface area contributed by atoms with Crippen LogP contribution >= 0.6 is 0 Å². The minimum Gasteiger partial charge on any atom is -0.390 e. The molecule has 2 aliphatic heterocycles. The van der Waals surface area contributed by atoms with Crippen LogP contribution in [0.25, 0.3) is 0 Å². The second-order valence-corrected chi connectivity index (χ2v) is 6.67. The third-order valence-electron chi connectivity index (χ3n) is 4.95. The van der Waals surface area contributed by atoms with Crippen molar-refractivity contribution in [2.45, 2.75) is 19.1 Å². The number of benzene rings is 2. The number of hydrogen-bond donors (Lipinski definition) is 1. The molecule has 0 fully saturated rings. The van der Waals surface area contributed by atoms with Gasteiger partial charge in [0, 0.05) is 19.6 Å². The van der Waals surface area contributed by atoms with Crippen molar-refractivity contribution in [3.63, 3.8) is 0 Å². The summed E-state index contributed by atoms with van der Waals surface area (Å²) < 4.78 is 0. The molecular weight excluding hydrogens is 316 g/mol. The Hall–Kier alpha value is -2.50. The Morgan fingerprint density at radius 3 is 2.16 bits per heavy atom. The highest BCUT2D eigenvalue weighted by atomic mass is 16.3. The van der Waals surface area contributed by atoms with Crippen LogP contribution in [-0.4, -0.2) is 52.5 Å². The third-order valence-corrected chi connectivity index (χ3v) is 4.95. The van der Waals surface area contributed by atoms with Crippen molar-refractivity contribution in [2.75, 3.05) is 19.6 Å². The predicted octanol–water partition coefficient (Wildman–Crippen LogP) is 1.70. The van der Waals surface area contributed by atoms with E-state index in [0.717, 1.165) is 24.4 Å². The van der Waals surface area contributed by atoms with Crippen LogP contribution in [0.2, 0.25) is 0 Å². The summed E-state index contributed by atoms with van der Waals surface area (Å²) in [4.78, 5) is 28.1. The molecule has 2 amide bonds. The second-order valence-electron chi connectivity index (χ2n) is 6.67. The number of amides is 2. The third kappa shape index (κ3) is 2.97. The Balaban J connectivity index is 1.40. The molecule has 0 aromatic heterocycles. The van der Waals surface area contributed by atoms with E-state index in [1.807, 2.05) is 12.1 Å². The average Bonchev–Trinajstić information content (AvgIpc) is 2.87. The van der Waals surface area contributed by atoms with E-state index in [4.69, 9.17) is 0 Å². The fraction of sp³-hybridized carbons (Fsp3) is 0.300. The molecule has 0 bridgehead atoms. The van der Waals surface area contributed by atoms with Crippen molar-refractivity contribution in [1.82, 2.24) is 9.80 Å². The van der Waals surface area contributed by atoms with Gasteiger partial charge < -0.3 is 5.11 Å². The first-order valence-corrected chi connectivity index (χ1v) is 8.56. The Kier molecular flexibility index (Phi) is 4.11. The minimum atomic E-state index is -0.757. The molecule has 0 saturated heterocycles. The van der Waals surface area contributed by atoms with E-state index in [1.165, 1.54) is 11.1 Å². The van der Waals surface area contributed by atoms with Gasteiger partial charge in [0.25, 0.3) is 11.8 Å². The Morgan fingerprint density at radius 2 is 1.48 bits per heavy atom. The fourth-order valence-electron chi connectivity index (χ4n) is 3.68. The summed E-state index contributed by atoms with van der Waals surface area (Å²) in [6, 6.07) is 15.1. The zero-order valence-corrected chi connectivity index (χ0v) is 13.9. The summed E-state index contributed by atoms with van der Waals surface area (Å²) in [6.45, 7) is 2.14. The monoisotopic (exact) mass is 336 g/mol. The lowest BCUT2D eigenvalue weighted by molar-refractivity contribution is 0.0461. The quantitative estimate of drug-likeness (QED) is 0.864. The van der Waals surface area contributed by atoms with Crippen molar-refractivity contribution in [1.29, 1.82) is 0 Å². The number of fused-ring (bicyclic) bond motifs is 2. The topological polar surface area (TPSA) is 60.9 Å². The largest absolute Gasteiger partial charge is 0.390 e. The van der Waals surface area contributed by atoms with Gasteiger partial charge >= 0.3 is 0 Å². The van der Waals surface area contributed by atoms with Gasteiger partial charge in [-0.1, -0.05) is 36.4 Å². The van der Waals surface area contributed by atoms with Gasteiger partial charge in [0.15, 0.2) is 0 Å². The van der Waals surface area contributed by atoms with Gasteiger partial charge in [-0.05, 0) is 29.7 Å². The molecule has 2 aliphatic rings. The number of nitrogens with zero attached hydrogens (tertiary/aromatic N) is 2. The smallest absolute Gasteiger partial charge is 0.261 e. The predicted molar refractivity (Wildman–Crippen MR) is 93.2 cm³/mol. The van der Waals surface area contributed by atoms with E-state index in [9.17, 15) is 14.7 Å². The van der Waals surface area contributed by atoms with Gasteiger partial charge in [0.2, 0.25) is 0 Å². The van der Waals surface area contributed by atoms with Crippen molar-refractivity contribution < 1.29 is 14.7 Å². The number of aliphatic hydroxyl groups is 1. The number of aliphatic hydroxyl groups excluding tert-OH is 1. The van der Waals surface area contributed by atoms with Crippen molar-refractivity contribution in [3.05, 3.63) is 70.8 Å². The highest BCUT2D eigenvalue weighted by molar-refractivity contribution is 6.21. The van der Waals surface area contributed by atoms with Crippen LogP contribution in [0.5, 0.6) is 0 Å². The van der Waals surface area contributed by atoms with Crippen LogP contribution in [0.3, 0.4) is 0 Å². The average molecular weight is 336 g/mol. The van der Waals surface area contributed by atoms with Gasteiger partial charge in [-0.2, -0.15) is 0 Å². The summed E-state index contributed by atoms with van der Waals surface area (Å²) >= 11 is 0. The highest BCUT2D eigenvalue weighted by Gasteiger charge is 2.36. The number of carbonyl (C=O) groups excluding carboxylic acids is 2. The van der Waals surface area contributed by atoms with Crippen molar-refractivity contribution >= 4 is 11.8 Å². The Labute approximate surface area is 146 Å². The number of imide groups is 1. The molecule has 1 atom stereocenters. The molecule has 1 N–H and O–H groups in total. The lowest BCUT2D eigenvalue weighted by atomic mass is 10.00. The second kappa shape index (κ2) is 6.43. The number of carbonyl (C=O) groups is 2. The van der Waals surface area contributed by atoms with Crippen LogP contribution in [0.1, 0.15) is 31.8 Å². The van der Waals surface area contributed by atoms with Gasteiger partial charge in [-0.3, -0.25) is 19.4 Å². The standard InChI is InChI=1S/C20H20N2O3/c23-16(12-21-10-9-14-5-1-2-6-15(14)11-21)13-22-19(24)17-7-3-4-8-18(17)20(22)25/h1-8,16,23H,9-13H2. The lowest BCUT2D eigenvalue weighted by Crippen LogP contribution is -2.43. The maximum Gasteiger partial charge on any atom is 0.261 e. The Morgan fingerprint density at radius 1 is 0.880 bits per heavy atom. The number of β-amino-alcohol motifs (C(OH)–C–C–N with tert-alkyl or cyclic N) is 1. The first-order chi connectivity index (χ1) is 12.1. The van der Waals surface area contributed by atoms with E-state index in [0.29, 0.717) is 17.7 Å². The van der Waals surface area contributed by atoms with Crippen LogP contribution in [-0.2, 0) is 13.0 Å². The van der Waals surface area contributed by atoms with Gasteiger partial charge in [-0.25, -0.2) is 0 Å². The number of hydrogen-bond acceptors (Lipinski definition) is 4. The first-order valence-electron chi connectivity index (χ1n) is 8.56. The van der Waals surface area contributed by atoms with Crippen LogP contribution in [0, 0.1) is 0 Å². The zero-order valence-electron chi connectivity index (χ0n) is 13.9. The van der Waals surface area contributed by atoms with E-state index in [1.54, 1.807) is 24.3 Å². The minimum absolute atomic E-state index is 0.0322. The summed E-state index contributed by atoms with van der Waals surface area (Å²) in [5.74, 6) is -0.632. The molecule has 0 radical (unpaired) electrons. The van der Waals surface area contributed by atoms with E-state index < -0.39 is 6.10 Å². The lowest BCUT2D eigenvalue weighted by Gasteiger charge is -2.31. The normalized spacial score (nSPS) is 18.2. The summed E-state index contributed by atoms with van der Waals surface area (Å²) in [6.07, 6.45) is 0.197. The van der Waals surface area contributed by atoms with Gasteiger partial charge in [0.05, 0.1) is 23.8 Å². The molecule has 2 heterocycles. The number of rotatable bonds is 4. The Bertz CT molecular complexity index is 798. The van der Waals surface area contributed by atoms with E-state index in [2.05, 4.69) is 17.0 Å². The molecule has 5 heteroatoms. The molecule has 0 aliphatic carbocycles. The molecule has 5 nitrogen and oxygen atoms in total. The molecule has 0 saturated carbocycles. The van der Waals surface area contributed by atoms with Gasteiger partial charge in [0.1, 0.15) is 0 Å². The van der Waals surface area contributed by atoms with Crippen LogP contribution < -0.4 is 0 Å². The summed E-state index contributed by atoms with van der Waals surface area (Å²) in [5, 5.41) is 10.4. The zero-order chi connectivity index (χ0) is 17.4. The SMILES string of the molecule is O=C1c2ccccc2C(=O)N1CC(O)CN1CCc2ccccc2C1. The van der Waals surface area contributed by atoms with Gasteiger partial charge in [-0.15, -0.1) is 0 Å². The molecular formula is C20H20N2O3. The van der Waals surface area contributed by atoms with Crippen molar-refractivity contribution in [2.24, 2.45) is 0 Å². The molecule has 25 heavy (non-hydrogen) atoms. The van der Waals surface area contributed by atoms with Crippen molar-refractivity contribution in [3.8, 4) is 0 Å². The molecule has 1 unspecified atom stereocenters.